The molecule has 1 fully saturated rings. The van der Waals surface area contributed by atoms with Gasteiger partial charge in [0.25, 0.3) is 0 Å². The number of halogens is 1. The highest BCUT2D eigenvalue weighted by atomic mass is 35.5. The first-order chi connectivity index (χ1) is 9.54. The van der Waals surface area contributed by atoms with Crippen molar-refractivity contribution in [1.29, 1.82) is 0 Å². The molecular weight excluding hydrogens is 278 g/mol. The zero-order chi connectivity index (χ0) is 14.6. The molecule has 2 rings (SSSR count). The maximum Gasteiger partial charge on any atom is 0.238 e. The van der Waals surface area contributed by atoms with E-state index in [1.54, 1.807) is 6.92 Å². The number of aliphatic hydroxyl groups excluding tert-OH is 1. The van der Waals surface area contributed by atoms with Gasteiger partial charge in [-0.3, -0.25) is 4.79 Å². The second-order valence-corrected chi connectivity index (χ2v) is 6.03. The zero-order valence-corrected chi connectivity index (χ0v) is 12.3. The van der Waals surface area contributed by atoms with Gasteiger partial charge in [0.1, 0.15) is 5.38 Å². The first-order valence-electron chi connectivity index (χ1n) is 6.77. The fourth-order valence-electron chi connectivity index (χ4n) is 2.35. The largest absolute Gasteiger partial charge is 0.394 e. The molecule has 110 valence electrons. The Morgan fingerprint density at radius 1 is 1.50 bits per heavy atom. The van der Waals surface area contributed by atoms with Crippen LogP contribution in [0.15, 0.2) is 30.3 Å². The van der Waals surface area contributed by atoms with Gasteiger partial charge in [-0.2, -0.15) is 0 Å². The normalized spacial score (nSPS) is 26.6. The van der Waals surface area contributed by atoms with Crippen molar-refractivity contribution in [2.24, 2.45) is 0 Å². The molecule has 0 radical (unpaired) electrons. The van der Waals surface area contributed by atoms with E-state index in [1.165, 1.54) is 0 Å². The molecule has 1 unspecified atom stereocenters. The second kappa shape index (κ2) is 6.57. The Bertz CT molecular complexity index is 444. The van der Waals surface area contributed by atoms with Gasteiger partial charge in [0.05, 0.1) is 24.9 Å². The van der Waals surface area contributed by atoms with Gasteiger partial charge < -0.3 is 15.2 Å². The highest BCUT2D eigenvalue weighted by Gasteiger charge is 2.46. The first-order valence-corrected chi connectivity index (χ1v) is 7.21. The van der Waals surface area contributed by atoms with E-state index in [-0.39, 0.29) is 18.6 Å². The van der Waals surface area contributed by atoms with Crippen molar-refractivity contribution in [2.75, 3.05) is 6.61 Å². The van der Waals surface area contributed by atoms with Crippen molar-refractivity contribution >= 4 is 17.5 Å². The maximum absolute atomic E-state index is 11.6. The van der Waals surface area contributed by atoms with Crippen molar-refractivity contribution in [3.63, 3.8) is 0 Å². The molecule has 2 N–H and O–H groups in total. The summed E-state index contributed by atoms with van der Waals surface area (Å²) in [6.45, 7) is 2.07. The van der Waals surface area contributed by atoms with Crippen LogP contribution in [0.4, 0.5) is 0 Å². The van der Waals surface area contributed by atoms with E-state index < -0.39 is 10.9 Å². The third-order valence-electron chi connectivity index (χ3n) is 3.62. The van der Waals surface area contributed by atoms with E-state index in [0.717, 1.165) is 5.56 Å². The standard InChI is InChI=1S/C15H20ClNO3/c1-11(16)14(19)17-15(10-18)7-13(8-15)20-9-12-5-3-2-4-6-12/h2-6,11,13,18H,7-10H2,1H3,(H,17,19)/t11?,13-,15+. The molecule has 4 nitrogen and oxygen atoms in total. The molecular formula is C15H20ClNO3. The summed E-state index contributed by atoms with van der Waals surface area (Å²) in [4.78, 5) is 11.6. The summed E-state index contributed by atoms with van der Waals surface area (Å²) in [5.41, 5.74) is 0.550. The highest BCUT2D eigenvalue weighted by molar-refractivity contribution is 6.30. The van der Waals surface area contributed by atoms with Crippen LogP contribution in [0.3, 0.4) is 0 Å². The first kappa shape index (κ1) is 15.3. The van der Waals surface area contributed by atoms with Crippen LogP contribution >= 0.6 is 11.6 Å². The van der Waals surface area contributed by atoms with Crippen LogP contribution < -0.4 is 5.32 Å². The van der Waals surface area contributed by atoms with Crippen molar-refractivity contribution in [1.82, 2.24) is 5.32 Å². The van der Waals surface area contributed by atoms with Gasteiger partial charge in [-0.1, -0.05) is 30.3 Å². The number of nitrogens with one attached hydrogen (secondary N) is 1. The Morgan fingerprint density at radius 3 is 2.70 bits per heavy atom. The lowest BCUT2D eigenvalue weighted by molar-refractivity contribution is -0.130. The number of rotatable bonds is 6. The molecule has 0 saturated heterocycles. The van der Waals surface area contributed by atoms with Crippen LogP contribution in [0.2, 0.25) is 0 Å². The molecule has 1 saturated carbocycles. The quantitative estimate of drug-likeness (QED) is 0.788. The predicted molar refractivity (Wildman–Crippen MR) is 77.5 cm³/mol. The Labute approximate surface area is 124 Å². The minimum absolute atomic E-state index is 0.0632. The van der Waals surface area contributed by atoms with E-state index >= 15 is 0 Å². The lowest BCUT2D eigenvalue weighted by Gasteiger charge is -2.46. The van der Waals surface area contributed by atoms with Crippen molar-refractivity contribution < 1.29 is 14.6 Å². The van der Waals surface area contributed by atoms with Crippen molar-refractivity contribution in [2.45, 2.75) is 43.4 Å². The highest BCUT2D eigenvalue weighted by Crippen LogP contribution is 2.35. The van der Waals surface area contributed by atoms with Gasteiger partial charge in [0, 0.05) is 0 Å². The summed E-state index contributed by atoms with van der Waals surface area (Å²) in [6, 6.07) is 9.93. The molecule has 5 heteroatoms. The summed E-state index contributed by atoms with van der Waals surface area (Å²) in [7, 11) is 0. The average Bonchev–Trinajstić information content (AvgIpc) is 2.41. The lowest BCUT2D eigenvalue weighted by Crippen LogP contribution is -2.63. The molecule has 1 aliphatic rings. The van der Waals surface area contributed by atoms with Gasteiger partial charge >= 0.3 is 0 Å². The molecule has 1 aliphatic carbocycles. The second-order valence-electron chi connectivity index (χ2n) is 5.37. The summed E-state index contributed by atoms with van der Waals surface area (Å²) in [5.74, 6) is -0.248. The van der Waals surface area contributed by atoms with Crippen LogP contribution in [-0.4, -0.2) is 34.6 Å². The predicted octanol–water partition coefficient (Wildman–Crippen LogP) is 1.84. The molecule has 1 aromatic carbocycles. The maximum atomic E-state index is 11.6. The number of ether oxygens (including phenoxy) is 1. The van der Waals surface area contributed by atoms with Crippen LogP contribution in [0, 0.1) is 0 Å². The van der Waals surface area contributed by atoms with Crippen LogP contribution in [-0.2, 0) is 16.1 Å². The molecule has 0 spiro atoms. The number of carbonyl (C=O) groups excluding carboxylic acids is 1. The number of hydrogen-bond donors (Lipinski definition) is 2. The minimum Gasteiger partial charge on any atom is -0.394 e. The summed E-state index contributed by atoms with van der Waals surface area (Å²) in [6.07, 6.45) is 1.30. The fourth-order valence-corrected chi connectivity index (χ4v) is 2.40. The number of hydrogen-bond acceptors (Lipinski definition) is 3. The smallest absolute Gasteiger partial charge is 0.238 e. The Kier molecular flexibility index (Phi) is 5.02. The van der Waals surface area contributed by atoms with Gasteiger partial charge in [0.2, 0.25) is 5.91 Å². The summed E-state index contributed by atoms with van der Waals surface area (Å²) < 4.78 is 5.77. The topological polar surface area (TPSA) is 58.6 Å². The van der Waals surface area contributed by atoms with E-state index in [1.807, 2.05) is 30.3 Å². The molecule has 1 aromatic rings. The number of alkyl halides is 1. The van der Waals surface area contributed by atoms with E-state index in [0.29, 0.717) is 19.4 Å². The zero-order valence-electron chi connectivity index (χ0n) is 11.5. The monoisotopic (exact) mass is 297 g/mol. The van der Waals surface area contributed by atoms with Crippen LogP contribution in [0.25, 0.3) is 0 Å². The number of aliphatic hydroxyl groups is 1. The third kappa shape index (κ3) is 3.72. The van der Waals surface area contributed by atoms with Gasteiger partial charge in [-0.25, -0.2) is 0 Å². The van der Waals surface area contributed by atoms with Gasteiger partial charge in [-0.15, -0.1) is 11.6 Å². The Hall–Kier alpha value is -1.10. The number of amides is 1. The summed E-state index contributed by atoms with van der Waals surface area (Å²) >= 11 is 5.72. The van der Waals surface area contributed by atoms with Crippen molar-refractivity contribution in [3.05, 3.63) is 35.9 Å². The fraction of sp³-hybridized carbons (Fsp3) is 0.533. The minimum atomic E-state index is -0.595. The Balaban J connectivity index is 1.78. The van der Waals surface area contributed by atoms with Gasteiger partial charge in [-0.05, 0) is 25.3 Å². The SMILES string of the molecule is CC(Cl)C(=O)N[C@]1(CO)C[C@H](OCc2ccccc2)C1. The average molecular weight is 298 g/mol. The molecule has 0 bridgehead atoms. The van der Waals surface area contributed by atoms with Gasteiger partial charge in [0.15, 0.2) is 0 Å². The molecule has 1 amide bonds. The Morgan fingerprint density at radius 2 is 2.15 bits per heavy atom. The van der Waals surface area contributed by atoms with Crippen LogP contribution in [0.1, 0.15) is 25.3 Å². The lowest BCUT2D eigenvalue weighted by atomic mass is 9.74. The van der Waals surface area contributed by atoms with Crippen LogP contribution in [0.5, 0.6) is 0 Å². The van der Waals surface area contributed by atoms with E-state index in [9.17, 15) is 9.90 Å². The molecule has 0 heterocycles. The van der Waals surface area contributed by atoms with E-state index in [4.69, 9.17) is 16.3 Å². The number of benzene rings is 1. The third-order valence-corrected chi connectivity index (χ3v) is 3.82. The summed E-state index contributed by atoms with van der Waals surface area (Å²) in [5, 5.41) is 11.7. The van der Waals surface area contributed by atoms with Crippen molar-refractivity contribution in [3.8, 4) is 0 Å². The molecule has 1 atom stereocenters. The van der Waals surface area contributed by atoms with E-state index in [2.05, 4.69) is 5.32 Å². The molecule has 0 aliphatic heterocycles. The molecule has 0 aromatic heterocycles. The number of carbonyl (C=O) groups is 1. The molecule has 20 heavy (non-hydrogen) atoms.